The van der Waals surface area contributed by atoms with Crippen molar-refractivity contribution in [3.05, 3.63) is 32.1 Å². The van der Waals surface area contributed by atoms with Crippen LogP contribution < -0.4 is 11.4 Å². The lowest BCUT2D eigenvalue weighted by Gasteiger charge is -2.72. The molecule has 9 atom stereocenters. The van der Waals surface area contributed by atoms with Gasteiger partial charge in [-0.2, -0.15) is 0 Å². The van der Waals surface area contributed by atoms with Crippen molar-refractivity contribution >= 4 is 11.9 Å². The summed E-state index contributed by atoms with van der Waals surface area (Å²) in [6, 6.07) is -0.229. The topological polar surface area (TPSA) is 102 Å². The Bertz CT molecular complexity index is 1690. The zero-order chi connectivity index (χ0) is 34.3. The fraction of sp³-hybridized carbons (Fsp3) is 0.842. The highest BCUT2D eigenvalue weighted by Crippen LogP contribution is 2.79. The lowest BCUT2D eigenvalue weighted by Crippen LogP contribution is -2.67. The first kappa shape index (κ1) is 32.9. The van der Waals surface area contributed by atoms with Crippen LogP contribution in [0.5, 0.6) is 0 Å². The average molecular weight is 652 g/mol. The Morgan fingerprint density at radius 1 is 0.872 bits per heavy atom. The normalized spacial score (nSPS) is 42.7. The van der Waals surface area contributed by atoms with Gasteiger partial charge in [-0.05, 0) is 110 Å². The Morgan fingerprint density at radius 2 is 1.55 bits per heavy atom. The van der Waals surface area contributed by atoms with E-state index in [0.29, 0.717) is 25.0 Å². The van der Waals surface area contributed by atoms with E-state index in [4.69, 9.17) is 9.47 Å². The summed E-state index contributed by atoms with van der Waals surface area (Å²) < 4.78 is 17.1. The molecule has 1 aliphatic heterocycles. The summed E-state index contributed by atoms with van der Waals surface area (Å²) in [7, 11) is 0. The molecule has 0 N–H and O–H groups in total. The number of esters is 2. The van der Waals surface area contributed by atoms with Crippen LogP contribution in [0.3, 0.4) is 0 Å². The minimum absolute atomic E-state index is 0.0249. The summed E-state index contributed by atoms with van der Waals surface area (Å²) in [5.74, 6) is 0.255. The van der Waals surface area contributed by atoms with Gasteiger partial charge in [0.2, 0.25) is 0 Å². The van der Waals surface area contributed by atoms with Gasteiger partial charge in [0, 0.05) is 31.2 Å². The molecular formula is C38H57N3O6. The molecule has 0 saturated heterocycles. The fourth-order valence-corrected chi connectivity index (χ4v) is 13.5. The zero-order valence-corrected chi connectivity index (χ0v) is 30.5. The van der Waals surface area contributed by atoms with Crippen LogP contribution in [-0.4, -0.2) is 38.6 Å². The van der Waals surface area contributed by atoms with Gasteiger partial charge in [0.15, 0.2) is 0 Å². The summed E-state index contributed by atoms with van der Waals surface area (Å²) in [6.45, 7) is 22.1. The molecule has 0 spiro atoms. The Kier molecular flexibility index (Phi) is 7.00. The van der Waals surface area contributed by atoms with E-state index in [2.05, 4.69) is 48.5 Å². The van der Waals surface area contributed by atoms with Crippen LogP contribution in [0.2, 0.25) is 0 Å². The summed E-state index contributed by atoms with van der Waals surface area (Å²) >= 11 is 0. The Morgan fingerprint density at radius 3 is 2.17 bits per heavy atom. The molecule has 0 bridgehead atoms. The third kappa shape index (κ3) is 3.78. The molecule has 4 fully saturated rings. The monoisotopic (exact) mass is 651 g/mol. The largest absolute Gasteiger partial charge is 0.465 e. The number of carbonyl (C=O) groups is 2. The SMILES string of the molecule is CCn1c(=O)n2n(c1=O)[C@]1(C(C)C)CC[C@]3(COC(C)=O)CC[C@]4(C)C(=C31)[C@@H]2C[C@@H]1[C@@]2(C)CC[C@H](OC(C)=O)C(C)(C)[C@@H]2CC[C@]14C. The van der Waals surface area contributed by atoms with Gasteiger partial charge >= 0.3 is 23.3 Å². The molecule has 9 heteroatoms. The van der Waals surface area contributed by atoms with Crippen LogP contribution in [0, 0.1) is 44.8 Å². The number of hydrogen-bond donors (Lipinski definition) is 0. The molecule has 4 saturated carbocycles. The lowest BCUT2D eigenvalue weighted by atomic mass is 9.33. The number of hydrogen-bond acceptors (Lipinski definition) is 6. The van der Waals surface area contributed by atoms with Crippen LogP contribution in [0.25, 0.3) is 0 Å². The van der Waals surface area contributed by atoms with Gasteiger partial charge in [-0.3, -0.25) is 9.59 Å². The molecule has 260 valence electrons. The zero-order valence-electron chi connectivity index (χ0n) is 30.5. The van der Waals surface area contributed by atoms with Crippen molar-refractivity contribution in [2.45, 2.75) is 151 Å². The Hall–Kier alpha value is -2.58. The van der Waals surface area contributed by atoms with E-state index < -0.39 is 5.54 Å². The van der Waals surface area contributed by atoms with Crippen molar-refractivity contribution in [2.75, 3.05) is 6.61 Å². The summed E-state index contributed by atoms with van der Waals surface area (Å²) in [5, 5.41) is 0. The van der Waals surface area contributed by atoms with Crippen LogP contribution in [0.1, 0.15) is 133 Å². The number of allylic oxidation sites excluding steroid dienone is 1. The maximum absolute atomic E-state index is 14.5. The fourth-order valence-electron chi connectivity index (χ4n) is 13.5. The molecule has 0 aromatic carbocycles. The van der Waals surface area contributed by atoms with Crippen molar-refractivity contribution in [1.29, 1.82) is 0 Å². The predicted molar refractivity (Wildman–Crippen MR) is 179 cm³/mol. The molecule has 5 aliphatic carbocycles. The molecule has 1 aromatic rings. The third-order valence-electron chi connectivity index (χ3n) is 15.8. The maximum Gasteiger partial charge on any atom is 0.348 e. The minimum Gasteiger partial charge on any atom is -0.465 e. The number of carbonyl (C=O) groups excluding carboxylic acids is 2. The van der Waals surface area contributed by atoms with Gasteiger partial charge in [0.05, 0.1) is 11.6 Å². The third-order valence-corrected chi connectivity index (χ3v) is 15.8. The van der Waals surface area contributed by atoms with Gasteiger partial charge in [0.1, 0.15) is 12.7 Å². The molecule has 7 rings (SSSR count). The number of fused-ring (bicyclic) bond motifs is 7. The van der Waals surface area contributed by atoms with Gasteiger partial charge in [-0.1, -0.05) is 48.5 Å². The lowest BCUT2D eigenvalue weighted by molar-refractivity contribution is -0.218. The van der Waals surface area contributed by atoms with Crippen LogP contribution in [0.15, 0.2) is 20.7 Å². The minimum atomic E-state index is -0.640. The van der Waals surface area contributed by atoms with E-state index in [1.54, 1.807) is 0 Å². The molecule has 0 radical (unpaired) electrons. The van der Waals surface area contributed by atoms with E-state index >= 15 is 0 Å². The maximum atomic E-state index is 14.5. The second kappa shape index (κ2) is 9.99. The summed E-state index contributed by atoms with van der Waals surface area (Å²) in [6.07, 6.45) is 8.11. The number of nitrogens with zero attached hydrogens (tertiary/aromatic N) is 3. The molecule has 47 heavy (non-hydrogen) atoms. The van der Waals surface area contributed by atoms with Crippen LogP contribution in [-0.2, 0) is 31.1 Å². The Labute approximate surface area is 279 Å². The van der Waals surface area contributed by atoms with Crippen LogP contribution in [0.4, 0.5) is 0 Å². The average Bonchev–Trinajstić information content (AvgIpc) is 3.46. The first-order valence-corrected chi connectivity index (χ1v) is 18.4. The molecule has 2 heterocycles. The van der Waals surface area contributed by atoms with E-state index in [-0.39, 0.29) is 68.5 Å². The highest BCUT2D eigenvalue weighted by molar-refractivity contribution is 5.66. The number of rotatable bonds is 5. The number of ether oxygens (including phenoxy) is 2. The van der Waals surface area contributed by atoms with Crippen molar-refractivity contribution in [2.24, 2.45) is 44.8 Å². The second-order valence-electron chi connectivity index (χ2n) is 18.0. The second-order valence-corrected chi connectivity index (χ2v) is 18.0. The first-order chi connectivity index (χ1) is 21.9. The highest BCUT2D eigenvalue weighted by atomic mass is 16.5. The molecule has 9 nitrogen and oxygen atoms in total. The first-order valence-electron chi connectivity index (χ1n) is 18.4. The van der Waals surface area contributed by atoms with Gasteiger partial charge in [-0.25, -0.2) is 23.5 Å². The quantitative estimate of drug-likeness (QED) is 0.271. The number of aromatic nitrogens is 3. The van der Waals surface area contributed by atoms with Crippen molar-refractivity contribution in [3.63, 3.8) is 0 Å². The summed E-state index contributed by atoms with van der Waals surface area (Å²) in [5.41, 5.74) is 0.887. The highest BCUT2D eigenvalue weighted by Gasteiger charge is 2.73. The molecule has 6 aliphatic rings. The van der Waals surface area contributed by atoms with Crippen LogP contribution >= 0.6 is 0 Å². The molecule has 0 unspecified atom stereocenters. The van der Waals surface area contributed by atoms with E-state index in [0.717, 1.165) is 57.8 Å². The van der Waals surface area contributed by atoms with Gasteiger partial charge in [0.25, 0.3) is 0 Å². The van der Waals surface area contributed by atoms with E-state index in [9.17, 15) is 19.2 Å². The van der Waals surface area contributed by atoms with Gasteiger partial charge in [-0.15, -0.1) is 0 Å². The molecule has 1 aromatic heterocycles. The molecular weight excluding hydrogens is 594 g/mol. The Balaban J connectivity index is 1.49. The van der Waals surface area contributed by atoms with Crippen molar-refractivity contribution in [3.8, 4) is 0 Å². The predicted octanol–water partition coefficient (Wildman–Crippen LogP) is 6.37. The van der Waals surface area contributed by atoms with E-state index in [1.807, 2.05) is 16.3 Å². The smallest absolute Gasteiger partial charge is 0.348 e. The van der Waals surface area contributed by atoms with Gasteiger partial charge < -0.3 is 9.47 Å². The van der Waals surface area contributed by atoms with E-state index in [1.165, 1.54) is 29.6 Å². The standard InChI is InChI=1S/C38H57N3O6/c1-11-39-31(44)40-25-20-27-34(8)14-13-28(47-24(5)43)33(6,7)26(34)12-15-35(27,9)36(10)16-17-37(21-46-23(4)42)18-19-38(22(2)3,30(37)29(25)36)41(40)32(39)45/h22,25-28H,11-21H2,1-10H3/t25-,26-,27+,28-,34-,35+,36+,37-,38-/m0/s1. The van der Waals surface area contributed by atoms with Crippen molar-refractivity contribution in [1.82, 2.24) is 13.9 Å². The summed E-state index contributed by atoms with van der Waals surface area (Å²) in [4.78, 5) is 53.4. The van der Waals surface area contributed by atoms with Crippen molar-refractivity contribution < 1.29 is 19.1 Å². The molecule has 0 amide bonds.